The van der Waals surface area contributed by atoms with Crippen molar-refractivity contribution < 1.29 is 23.7 Å². The van der Waals surface area contributed by atoms with Gasteiger partial charge in [-0.2, -0.15) is 0 Å². The van der Waals surface area contributed by atoms with Crippen LogP contribution in [0.2, 0.25) is 0 Å². The van der Waals surface area contributed by atoms with Gasteiger partial charge in [-0.25, -0.2) is 0 Å². The van der Waals surface area contributed by atoms with Crippen LogP contribution in [0.3, 0.4) is 0 Å². The SMILES string of the molecule is COc1cc(Nc2c3c(nc4cc5c(cc24)OCO5)CCCC3=O)cc(OC)c1. The lowest BCUT2D eigenvalue weighted by Gasteiger charge is -2.21. The number of pyridine rings is 1. The molecule has 0 saturated carbocycles. The number of carbonyl (C=O) groups is 1. The average Bonchev–Trinajstić information content (AvgIpc) is 3.19. The number of ether oxygens (including phenoxy) is 4. The Morgan fingerprint density at radius 3 is 2.41 bits per heavy atom. The van der Waals surface area contributed by atoms with Gasteiger partial charge in [0.1, 0.15) is 11.5 Å². The standard InChI is InChI=1S/C22H20N2O5/c1-26-13-6-12(7-14(8-13)27-2)23-22-15-9-19-20(29-11-28-19)10-17(15)24-16-4-3-5-18(25)21(16)22/h6-10H,3-5,11H2,1-2H3,(H,23,24). The Morgan fingerprint density at radius 2 is 1.69 bits per heavy atom. The highest BCUT2D eigenvalue weighted by Crippen LogP contribution is 2.42. The predicted molar refractivity (Wildman–Crippen MR) is 108 cm³/mol. The molecule has 5 rings (SSSR count). The molecule has 3 aromatic rings. The number of rotatable bonds is 4. The zero-order valence-corrected chi connectivity index (χ0v) is 16.2. The Labute approximate surface area is 167 Å². The molecule has 0 fully saturated rings. The van der Waals surface area contributed by atoms with Gasteiger partial charge in [-0.15, -0.1) is 0 Å². The van der Waals surface area contributed by atoms with E-state index in [0.29, 0.717) is 35.0 Å². The number of benzene rings is 2. The summed E-state index contributed by atoms with van der Waals surface area (Å²) in [5, 5.41) is 4.24. The van der Waals surface area contributed by atoms with Gasteiger partial charge in [0.2, 0.25) is 6.79 Å². The Hall–Kier alpha value is -3.48. The molecule has 2 aromatic carbocycles. The van der Waals surface area contributed by atoms with E-state index in [2.05, 4.69) is 5.32 Å². The highest BCUT2D eigenvalue weighted by atomic mass is 16.7. The summed E-state index contributed by atoms with van der Waals surface area (Å²) in [6.45, 7) is 0.181. The van der Waals surface area contributed by atoms with Gasteiger partial charge in [0.25, 0.3) is 0 Å². The maximum absolute atomic E-state index is 12.8. The summed E-state index contributed by atoms with van der Waals surface area (Å²) < 4.78 is 21.8. The summed E-state index contributed by atoms with van der Waals surface area (Å²) >= 11 is 0. The van der Waals surface area contributed by atoms with E-state index in [4.69, 9.17) is 23.9 Å². The van der Waals surface area contributed by atoms with Gasteiger partial charge in [-0.05, 0) is 18.9 Å². The molecular formula is C22H20N2O5. The summed E-state index contributed by atoms with van der Waals surface area (Å²) in [4.78, 5) is 17.6. The molecule has 0 atom stereocenters. The van der Waals surface area contributed by atoms with Crippen LogP contribution in [0.4, 0.5) is 11.4 Å². The van der Waals surface area contributed by atoms with Gasteiger partial charge in [0.15, 0.2) is 17.3 Å². The van der Waals surface area contributed by atoms with Crippen molar-refractivity contribution in [3.8, 4) is 23.0 Å². The number of hydrogen-bond acceptors (Lipinski definition) is 7. The van der Waals surface area contributed by atoms with Gasteiger partial charge < -0.3 is 24.3 Å². The Balaban J connectivity index is 1.73. The van der Waals surface area contributed by atoms with Crippen LogP contribution in [-0.4, -0.2) is 31.8 Å². The van der Waals surface area contributed by atoms with Crippen LogP contribution in [0.25, 0.3) is 10.9 Å². The largest absolute Gasteiger partial charge is 0.497 e. The number of aryl methyl sites for hydroxylation is 1. The second kappa shape index (κ2) is 6.84. The molecule has 29 heavy (non-hydrogen) atoms. The van der Waals surface area contributed by atoms with Crippen LogP contribution >= 0.6 is 0 Å². The number of anilines is 2. The van der Waals surface area contributed by atoms with Gasteiger partial charge >= 0.3 is 0 Å². The fourth-order valence-corrected chi connectivity index (χ4v) is 3.88. The second-order valence-corrected chi connectivity index (χ2v) is 7.03. The third kappa shape index (κ3) is 2.99. The predicted octanol–water partition coefficient (Wildman–Crippen LogP) is 4.24. The maximum atomic E-state index is 12.8. The first kappa shape index (κ1) is 17.6. The van der Waals surface area contributed by atoms with Crippen molar-refractivity contribution in [2.75, 3.05) is 26.3 Å². The second-order valence-electron chi connectivity index (χ2n) is 7.03. The zero-order valence-electron chi connectivity index (χ0n) is 16.2. The van der Waals surface area contributed by atoms with Crippen molar-refractivity contribution in [2.24, 2.45) is 0 Å². The highest BCUT2D eigenvalue weighted by Gasteiger charge is 2.26. The van der Waals surface area contributed by atoms with E-state index in [-0.39, 0.29) is 12.6 Å². The molecule has 7 heteroatoms. The molecule has 0 spiro atoms. The number of methoxy groups -OCH3 is 2. The molecule has 1 N–H and O–H groups in total. The molecule has 0 bridgehead atoms. The van der Waals surface area contributed by atoms with Crippen molar-refractivity contribution in [1.29, 1.82) is 0 Å². The molecule has 0 unspecified atom stereocenters. The van der Waals surface area contributed by atoms with Crippen molar-refractivity contribution in [1.82, 2.24) is 4.98 Å². The fourth-order valence-electron chi connectivity index (χ4n) is 3.88. The lowest BCUT2D eigenvalue weighted by atomic mass is 9.91. The van der Waals surface area contributed by atoms with Gasteiger partial charge in [-0.1, -0.05) is 0 Å². The lowest BCUT2D eigenvalue weighted by molar-refractivity contribution is 0.0972. The van der Waals surface area contributed by atoms with Crippen LogP contribution in [0, 0.1) is 0 Å². The highest BCUT2D eigenvalue weighted by molar-refractivity contribution is 6.11. The summed E-state index contributed by atoms with van der Waals surface area (Å²) in [5.41, 5.74) is 3.70. The number of fused-ring (bicyclic) bond motifs is 3. The molecule has 1 aliphatic carbocycles. The fraction of sp³-hybridized carbons (Fsp3) is 0.273. The van der Waals surface area contributed by atoms with E-state index in [0.717, 1.165) is 40.8 Å². The Bertz CT molecular complexity index is 1120. The van der Waals surface area contributed by atoms with Crippen LogP contribution < -0.4 is 24.3 Å². The minimum Gasteiger partial charge on any atom is -0.497 e. The zero-order chi connectivity index (χ0) is 20.0. The van der Waals surface area contributed by atoms with E-state index in [1.54, 1.807) is 20.3 Å². The minimum absolute atomic E-state index is 0.0932. The first-order chi connectivity index (χ1) is 14.2. The molecular weight excluding hydrogens is 372 g/mol. The molecule has 2 heterocycles. The topological polar surface area (TPSA) is 78.9 Å². The van der Waals surface area contributed by atoms with Crippen LogP contribution in [-0.2, 0) is 6.42 Å². The lowest BCUT2D eigenvalue weighted by Crippen LogP contribution is -2.15. The molecule has 7 nitrogen and oxygen atoms in total. The van der Waals surface area contributed by atoms with Crippen molar-refractivity contribution in [2.45, 2.75) is 19.3 Å². The first-order valence-corrected chi connectivity index (χ1v) is 9.46. The summed E-state index contributed by atoms with van der Waals surface area (Å²) in [6, 6.07) is 9.28. The van der Waals surface area contributed by atoms with E-state index in [1.165, 1.54) is 0 Å². The van der Waals surface area contributed by atoms with E-state index < -0.39 is 0 Å². The van der Waals surface area contributed by atoms with Crippen molar-refractivity contribution in [3.63, 3.8) is 0 Å². The molecule has 148 valence electrons. The minimum atomic E-state index is 0.0932. The molecule has 1 aliphatic heterocycles. The monoisotopic (exact) mass is 392 g/mol. The van der Waals surface area contributed by atoms with Gasteiger partial charge in [-0.3, -0.25) is 9.78 Å². The van der Waals surface area contributed by atoms with Gasteiger partial charge in [0, 0.05) is 41.8 Å². The van der Waals surface area contributed by atoms with Crippen LogP contribution in [0.15, 0.2) is 30.3 Å². The molecule has 0 saturated heterocycles. The van der Waals surface area contributed by atoms with E-state index in [1.807, 2.05) is 24.3 Å². The van der Waals surface area contributed by atoms with Crippen LogP contribution in [0.1, 0.15) is 28.9 Å². The smallest absolute Gasteiger partial charge is 0.231 e. The number of carbonyl (C=O) groups excluding carboxylic acids is 1. The number of hydrogen-bond donors (Lipinski definition) is 1. The Kier molecular flexibility index (Phi) is 4.16. The average molecular weight is 392 g/mol. The van der Waals surface area contributed by atoms with Crippen molar-refractivity contribution >= 4 is 28.1 Å². The third-order valence-corrected chi connectivity index (χ3v) is 5.27. The first-order valence-electron chi connectivity index (χ1n) is 9.46. The summed E-state index contributed by atoms with van der Waals surface area (Å²) in [7, 11) is 3.21. The summed E-state index contributed by atoms with van der Waals surface area (Å²) in [6.07, 6.45) is 2.09. The molecule has 0 amide bonds. The number of nitrogens with one attached hydrogen (secondary N) is 1. The quantitative estimate of drug-likeness (QED) is 0.711. The number of ketones is 1. The maximum Gasteiger partial charge on any atom is 0.231 e. The number of nitrogens with zero attached hydrogens (tertiary/aromatic N) is 1. The Morgan fingerprint density at radius 1 is 0.966 bits per heavy atom. The van der Waals surface area contributed by atoms with Crippen molar-refractivity contribution in [3.05, 3.63) is 41.6 Å². The van der Waals surface area contributed by atoms with E-state index >= 15 is 0 Å². The van der Waals surface area contributed by atoms with E-state index in [9.17, 15) is 4.79 Å². The normalized spacial score (nSPS) is 14.6. The molecule has 1 aromatic heterocycles. The van der Waals surface area contributed by atoms with Crippen LogP contribution in [0.5, 0.6) is 23.0 Å². The number of Topliss-reactive ketones (excluding diaryl/α,β-unsaturated/α-hetero) is 1. The molecule has 0 radical (unpaired) electrons. The van der Waals surface area contributed by atoms with Gasteiger partial charge in [0.05, 0.1) is 36.7 Å². The summed E-state index contributed by atoms with van der Waals surface area (Å²) in [5.74, 6) is 2.72. The molecule has 2 aliphatic rings. The third-order valence-electron chi connectivity index (χ3n) is 5.27. The number of aromatic nitrogens is 1.